The molecule has 1 heterocycles. The van der Waals surface area contributed by atoms with E-state index >= 15 is 0 Å². The Morgan fingerprint density at radius 3 is 2.62 bits per heavy atom. The number of nitrogens with zero attached hydrogens (tertiary/aromatic N) is 1. The highest BCUT2D eigenvalue weighted by Gasteiger charge is 2.26. The number of morpholine rings is 1. The number of nitrogens with one attached hydrogen (secondary N) is 1. The number of nitrogens with two attached hydrogens (primary N) is 2. The van der Waals surface area contributed by atoms with Crippen LogP contribution in [0.2, 0.25) is 0 Å². The van der Waals surface area contributed by atoms with Crippen molar-refractivity contribution in [3.8, 4) is 0 Å². The number of hydrogen-bond donors (Lipinski definition) is 3. The van der Waals surface area contributed by atoms with Crippen LogP contribution in [0.3, 0.4) is 0 Å². The van der Waals surface area contributed by atoms with Gasteiger partial charge in [-0.3, -0.25) is 14.4 Å². The quantitative estimate of drug-likeness (QED) is 0.635. The normalized spacial score (nSPS) is 16.2. The molecule has 8 nitrogen and oxygen atoms in total. The minimum atomic E-state index is -2.88. The van der Waals surface area contributed by atoms with E-state index in [-0.39, 0.29) is 31.1 Å². The number of ether oxygens (including phenoxy) is 1. The van der Waals surface area contributed by atoms with E-state index < -0.39 is 35.8 Å². The molecule has 5 N–H and O–H groups in total. The molecule has 10 heteroatoms. The van der Waals surface area contributed by atoms with Crippen molar-refractivity contribution in [2.75, 3.05) is 30.0 Å². The highest BCUT2D eigenvalue weighted by molar-refractivity contribution is 6.09. The fraction of sp³-hybridized carbons (Fsp3) is 0.357. The standard InChI is InChI=1S/C14H16F2N4O4/c15-12(16)8-5-7(19-14(23)11(17)13(18)22)1-2-9(8)20-3-4-24-6-10(20)21/h1-2,5,11-12H,3-4,6,17H2,(H2,18,22)(H,19,23)/t11-/m0/s1. The first-order valence-corrected chi connectivity index (χ1v) is 6.97. The van der Waals surface area contributed by atoms with Gasteiger partial charge in [0.1, 0.15) is 6.61 Å². The minimum Gasteiger partial charge on any atom is -0.370 e. The Morgan fingerprint density at radius 2 is 2.04 bits per heavy atom. The fourth-order valence-corrected chi connectivity index (χ4v) is 2.17. The van der Waals surface area contributed by atoms with Crippen molar-refractivity contribution in [3.05, 3.63) is 23.8 Å². The van der Waals surface area contributed by atoms with E-state index in [1.807, 2.05) is 0 Å². The molecule has 1 fully saturated rings. The maximum atomic E-state index is 13.3. The van der Waals surface area contributed by atoms with Crippen molar-refractivity contribution in [2.24, 2.45) is 11.5 Å². The van der Waals surface area contributed by atoms with Gasteiger partial charge in [-0.05, 0) is 18.2 Å². The van der Waals surface area contributed by atoms with Crippen LogP contribution < -0.4 is 21.7 Å². The SMILES string of the molecule is NC(=O)[C@H](N)C(=O)Nc1ccc(N2CCOCC2=O)c(C(F)F)c1. The Bertz CT molecular complexity index is 668. The summed E-state index contributed by atoms with van der Waals surface area (Å²) in [7, 11) is 0. The van der Waals surface area contributed by atoms with Crippen molar-refractivity contribution in [2.45, 2.75) is 12.5 Å². The van der Waals surface area contributed by atoms with Crippen molar-refractivity contribution < 1.29 is 27.9 Å². The summed E-state index contributed by atoms with van der Waals surface area (Å²) >= 11 is 0. The zero-order chi connectivity index (χ0) is 17.9. The number of carbonyl (C=O) groups is 3. The first-order valence-electron chi connectivity index (χ1n) is 6.97. The summed E-state index contributed by atoms with van der Waals surface area (Å²) in [5, 5.41) is 2.23. The molecule has 1 aromatic carbocycles. The van der Waals surface area contributed by atoms with Gasteiger partial charge in [0.05, 0.1) is 12.3 Å². The van der Waals surface area contributed by atoms with Gasteiger partial charge in [-0.25, -0.2) is 8.78 Å². The highest BCUT2D eigenvalue weighted by atomic mass is 19.3. The Morgan fingerprint density at radius 1 is 1.33 bits per heavy atom. The van der Waals surface area contributed by atoms with Crippen LogP contribution in [-0.2, 0) is 19.1 Å². The Balaban J connectivity index is 2.28. The Hall–Kier alpha value is -2.59. The van der Waals surface area contributed by atoms with Crippen LogP contribution in [-0.4, -0.2) is 43.5 Å². The number of anilines is 2. The number of benzene rings is 1. The van der Waals surface area contributed by atoms with Crippen molar-refractivity contribution in [1.82, 2.24) is 0 Å². The van der Waals surface area contributed by atoms with E-state index in [1.54, 1.807) is 0 Å². The van der Waals surface area contributed by atoms with E-state index in [1.165, 1.54) is 17.0 Å². The highest BCUT2D eigenvalue weighted by Crippen LogP contribution is 2.33. The molecule has 1 aliphatic rings. The van der Waals surface area contributed by atoms with Crippen LogP contribution in [0.4, 0.5) is 20.2 Å². The minimum absolute atomic E-state index is 0.0106. The summed E-state index contributed by atoms with van der Waals surface area (Å²) < 4.78 is 31.6. The first kappa shape index (κ1) is 17.8. The molecule has 130 valence electrons. The smallest absolute Gasteiger partial charge is 0.265 e. The van der Waals surface area contributed by atoms with Gasteiger partial charge in [0.15, 0.2) is 6.04 Å². The third kappa shape index (κ3) is 3.84. The molecule has 1 atom stereocenters. The molecule has 0 unspecified atom stereocenters. The van der Waals surface area contributed by atoms with E-state index in [4.69, 9.17) is 16.2 Å². The molecule has 24 heavy (non-hydrogen) atoms. The van der Waals surface area contributed by atoms with Crippen LogP contribution in [0.5, 0.6) is 0 Å². The average molecular weight is 342 g/mol. The van der Waals surface area contributed by atoms with Crippen LogP contribution in [0.15, 0.2) is 18.2 Å². The van der Waals surface area contributed by atoms with Gasteiger partial charge in [0, 0.05) is 17.8 Å². The number of carbonyl (C=O) groups excluding carboxylic acids is 3. The molecular formula is C14H16F2N4O4. The molecule has 1 aliphatic heterocycles. The largest absolute Gasteiger partial charge is 0.370 e. The second-order valence-electron chi connectivity index (χ2n) is 5.04. The maximum Gasteiger partial charge on any atom is 0.265 e. The van der Waals surface area contributed by atoms with Crippen molar-refractivity contribution in [1.29, 1.82) is 0 Å². The summed E-state index contributed by atoms with van der Waals surface area (Å²) in [6.45, 7) is 0.200. The van der Waals surface area contributed by atoms with E-state index in [0.717, 1.165) is 6.07 Å². The predicted octanol–water partition coefficient (Wildman–Crippen LogP) is -0.262. The number of halogens is 2. The number of primary amides is 1. The molecule has 3 amide bonds. The lowest BCUT2D eigenvalue weighted by molar-refractivity contribution is -0.127. The third-order valence-electron chi connectivity index (χ3n) is 3.40. The lowest BCUT2D eigenvalue weighted by Crippen LogP contribution is -2.46. The predicted molar refractivity (Wildman–Crippen MR) is 80.4 cm³/mol. The number of hydrogen-bond acceptors (Lipinski definition) is 5. The molecule has 0 aliphatic carbocycles. The molecule has 1 saturated heterocycles. The molecule has 1 aromatic rings. The molecule has 0 saturated carbocycles. The van der Waals surface area contributed by atoms with Crippen LogP contribution in [0.25, 0.3) is 0 Å². The topological polar surface area (TPSA) is 128 Å². The second kappa shape index (κ2) is 7.32. The molecule has 0 bridgehead atoms. The summed E-state index contributed by atoms with van der Waals surface area (Å²) in [5.41, 5.74) is 9.79. The van der Waals surface area contributed by atoms with Crippen LogP contribution >= 0.6 is 0 Å². The second-order valence-corrected chi connectivity index (χ2v) is 5.04. The van der Waals surface area contributed by atoms with Gasteiger partial charge in [0.2, 0.25) is 5.91 Å². The summed E-state index contributed by atoms with van der Waals surface area (Å²) in [5.74, 6) is -2.40. The Kier molecular flexibility index (Phi) is 5.42. The average Bonchev–Trinajstić information content (AvgIpc) is 2.54. The van der Waals surface area contributed by atoms with E-state index in [0.29, 0.717) is 0 Å². The zero-order valence-corrected chi connectivity index (χ0v) is 12.5. The summed E-state index contributed by atoms with van der Waals surface area (Å²) in [6, 6.07) is 2.04. The van der Waals surface area contributed by atoms with Crippen LogP contribution in [0.1, 0.15) is 12.0 Å². The van der Waals surface area contributed by atoms with Gasteiger partial charge in [-0.1, -0.05) is 0 Å². The first-order chi connectivity index (χ1) is 11.3. The van der Waals surface area contributed by atoms with Gasteiger partial charge in [-0.2, -0.15) is 0 Å². The number of rotatable bonds is 5. The molecule has 0 spiro atoms. The monoisotopic (exact) mass is 342 g/mol. The van der Waals surface area contributed by atoms with Gasteiger partial charge in [-0.15, -0.1) is 0 Å². The lowest BCUT2D eigenvalue weighted by Gasteiger charge is -2.29. The van der Waals surface area contributed by atoms with Crippen molar-refractivity contribution in [3.63, 3.8) is 0 Å². The van der Waals surface area contributed by atoms with E-state index in [9.17, 15) is 23.2 Å². The third-order valence-corrected chi connectivity index (χ3v) is 3.40. The van der Waals surface area contributed by atoms with Gasteiger partial charge in [0.25, 0.3) is 18.2 Å². The number of alkyl halides is 2. The molecule has 0 radical (unpaired) electrons. The van der Waals surface area contributed by atoms with Crippen molar-refractivity contribution >= 4 is 29.1 Å². The Labute approximate surface area is 135 Å². The molecule has 2 rings (SSSR count). The summed E-state index contributed by atoms with van der Waals surface area (Å²) in [4.78, 5) is 35.5. The number of amides is 3. The van der Waals surface area contributed by atoms with E-state index in [2.05, 4.69) is 5.32 Å². The van der Waals surface area contributed by atoms with Gasteiger partial charge >= 0.3 is 0 Å². The maximum absolute atomic E-state index is 13.3. The molecular weight excluding hydrogens is 326 g/mol. The van der Waals surface area contributed by atoms with Gasteiger partial charge < -0.3 is 26.4 Å². The fourth-order valence-electron chi connectivity index (χ4n) is 2.17. The van der Waals surface area contributed by atoms with Crippen LogP contribution in [0, 0.1) is 0 Å². The summed E-state index contributed by atoms with van der Waals surface area (Å²) in [6.07, 6.45) is -2.88. The zero-order valence-electron chi connectivity index (χ0n) is 12.5. The lowest BCUT2D eigenvalue weighted by atomic mass is 10.1. The molecule has 0 aromatic heterocycles.